The van der Waals surface area contributed by atoms with E-state index in [1.54, 1.807) is 18.3 Å². The van der Waals surface area contributed by atoms with Gasteiger partial charge in [0.25, 0.3) is 0 Å². The van der Waals surface area contributed by atoms with Gasteiger partial charge in [-0.1, -0.05) is 6.07 Å². The molecule has 4 nitrogen and oxygen atoms in total. The first-order valence-electron chi connectivity index (χ1n) is 7.86. The molecule has 0 saturated carbocycles. The van der Waals surface area contributed by atoms with Crippen LogP contribution in [-0.2, 0) is 6.54 Å². The maximum absolute atomic E-state index is 12.9. The second-order valence-electron chi connectivity index (χ2n) is 6.10. The van der Waals surface area contributed by atoms with Gasteiger partial charge in [-0.3, -0.25) is 9.88 Å². The van der Waals surface area contributed by atoms with E-state index in [1.807, 2.05) is 18.2 Å². The molecule has 1 N–H and O–H groups in total. The quantitative estimate of drug-likeness (QED) is 0.921. The van der Waals surface area contributed by atoms with E-state index in [0.29, 0.717) is 18.7 Å². The van der Waals surface area contributed by atoms with Crippen LogP contribution in [0.3, 0.4) is 0 Å². The molecule has 5 heteroatoms. The molecule has 2 heterocycles. The molecule has 0 spiro atoms. The molecule has 1 aromatic heterocycles. The number of aromatic nitrogens is 1. The fourth-order valence-electron chi connectivity index (χ4n) is 2.93. The highest BCUT2D eigenvalue weighted by atomic mass is 19.1. The Hall–Kier alpha value is -1.98. The van der Waals surface area contributed by atoms with E-state index in [9.17, 15) is 9.50 Å². The molecule has 1 unspecified atom stereocenters. The highest BCUT2D eigenvalue weighted by molar-refractivity contribution is 5.22. The molecule has 1 fully saturated rings. The second kappa shape index (κ2) is 7.06. The first-order valence-corrected chi connectivity index (χ1v) is 7.86. The van der Waals surface area contributed by atoms with Gasteiger partial charge in [0, 0.05) is 19.3 Å². The zero-order chi connectivity index (χ0) is 16.1. The maximum Gasteiger partial charge on any atom is 0.123 e. The third-order valence-electron chi connectivity index (χ3n) is 4.07. The van der Waals surface area contributed by atoms with Crippen LogP contribution in [0.2, 0.25) is 0 Å². The Kier molecular flexibility index (Phi) is 4.88. The van der Waals surface area contributed by atoms with Crippen LogP contribution in [0.4, 0.5) is 4.39 Å². The summed E-state index contributed by atoms with van der Waals surface area (Å²) in [5.74, 6) is 0.275. The number of likely N-dealkylation sites (tertiary alicyclic amines) is 1. The van der Waals surface area contributed by atoms with Crippen LogP contribution in [0.25, 0.3) is 0 Å². The molecule has 3 rings (SSSR count). The molecule has 2 aromatic rings. The van der Waals surface area contributed by atoms with Gasteiger partial charge in [-0.2, -0.15) is 0 Å². The largest absolute Gasteiger partial charge is 0.491 e. The van der Waals surface area contributed by atoms with Crippen LogP contribution >= 0.6 is 0 Å². The van der Waals surface area contributed by atoms with E-state index in [4.69, 9.17) is 4.74 Å². The third kappa shape index (κ3) is 4.50. The molecule has 1 aliphatic rings. The lowest BCUT2D eigenvalue weighted by atomic mass is 9.93. The van der Waals surface area contributed by atoms with Crippen LogP contribution < -0.4 is 4.74 Å². The second-order valence-corrected chi connectivity index (χ2v) is 6.10. The van der Waals surface area contributed by atoms with Crippen molar-refractivity contribution in [2.24, 2.45) is 0 Å². The van der Waals surface area contributed by atoms with Gasteiger partial charge in [0.1, 0.15) is 23.8 Å². The van der Waals surface area contributed by atoms with Crippen molar-refractivity contribution in [1.29, 1.82) is 0 Å². The van der Waals surface area contributed by atoms with Gasteiger partial charge in [-0.15, -0.1) is 0 Å². The smallest absolute Gasteiger partial charge is 0.123 e. The van der Waals surface area contributed by atoms with E-state index in [-0.39, 0.29) is 12.4 Å². The number of hydrogen-bond donors (Lipinski definition) is 1. The van der Waals surface area contributed by atoms with Gasteiger partial charge in [-0.25, -0.2) is 4.39 Å². The van der Waals surface area contributed by atoms with E-state index in [1.165, 1.54) is 12.1 Å². The standard InChI is InChI=1S/C18H21FN2O2/c19-15-5-7-17(8-6-15)23-14-18(22)9-3-11-21(13-18)12-16-4-1-2-10-20-16/h1-2,4-8,10,22H,3,9,11-14H2. The number of rotatable bonds is 5. The number of hydrogen-bond acceptors (Lipinski definition) is 4. The number of ether oxygens (including phenoxy) is 1. The van der Waals surface area contributed by atoms with Crippen LogP contribution in [-0.4, -0.2) is 40.3 Å². The van der Waals surface area contributed by atoms with Crippen molar-refractivity contribution < 1.29 is 14.2 Å². The number of halogens is 1. The third-order valence-corrected chi connectivity index (χ3v) is 4.07. The van der Waals surface area contributed by atoms with Gasteiger partial charge in [0.2, 0.25) is 0 Å². The lowest BCUT2D eigenvalue weighted by molar-refractivity contribution is -0.0623. The summed E-state index contributed by atoms with van der Waals surface area (Å²) in [6.45, 7) is 2.41. The maximum atomic E-state index is 12.9. The van der Waals surface area contributed by atoms with Crippen LogP contribution in [0.1, 0.15) is 18.5 Å². The number of piperidine rings is 1. The SMILES string of the molecule is OC1(COc2ccc(F)cc2)CCCN(Cc2ccccn2)C1. The van der Waals surface area contributed by atoms with Crippen molar-refractivity contribution in [2.75, 3.05) is 19.7 Å². The topological polar surface area (TPSA) is 45.6 Å². The molecule has 0 aliphatic carbocycles. The van der Waals surface area contributed by atoms with Crippen molar-refractivity contribution in [1.82, 2.24) is 9.88 Å². The zero-order valence-electron chi connectivity index (χ0n) is 13.0. The summed E-state index contributed by atoms with van der Waals surface area (Å²) >= 11 is 0. The lowest BCUT2D eigenvalue weighted by Crippen LogP contribution is -2.51. The normalized spacial score (nSPS) is 22.0. The van der Waals surface area contributed by atoms with E-state index < -0.39 is 5.60 Å². The molecule has 0 bridgehead atoms. The van der Waals surface area contributed by atoms with Gasteiger partial charge in [0.05, 0.1) is 5.69 Å². The summed E-state index contributed by atoms with van der Waals surface area (Å²) in [7, 11) is 0. The summed E-state index contributed by atoms with van der Waals surface area (Å²) in [6, 6.07) is 11.7. The van der Waals surface area contributed by atoms with Gasteiger partial charge in [-0.05, 0) is 55.8 Å². The van der Waals surface area contributed by atoms with Gasteiger partial charge < -0.3 is 9.84 Å². The number of benzene rings is 1. The minimum absolute atomic E-state index is 0.206. The first kappa shape index (κ1) is 15.9. The molecule has 1 aromatic carbocycles. The molecule has 23 heavy (non-hydrogen) atoms. The molecule has 0 radical (unpaired) electrons. The number of β-amino-alcohol motifs (C(OH)–C–C–N with tert-alkyl or cyclic N) is 1. The number of nitrogens with zero attached hydrogens (tertiary/aromatic N) is 2. The summed E-state index contributed by atoms with van der Waals surface area (Å²) in [5.41, 5.74) is 0.109. The van der Waals surface area contributed by atoms with Crippen molar-refractivity contribution in [2.45, 2.75) is 25.0 Å². The predicted molar refractivity (Wildman–Crippen MR) is 85.6 cm³/mol. The first-order chi connectivity index (χ1) is 11.1. The monoisotopic (exact) mass is 316 g/mol. The van der Waals surface area contributed by atoms with Crippen molar-refractivity contribution in [3.8, 4) is 5.75 Å². The minimum atomic E-state index is -0.887. The lowest BCUT2D eigenvalue weighted by Gasteiger charge is -2.38. The number of aliphatic hydroxyl groups is 1. The molecule has 1 atom stereocenters. The molecular weight excluding hydrogens is 295 g/mol. The zero-order valence-corrected chi connectivity index (χ0v) is 13.0. The molecule has 122 valence electrons. The fourth-order valence-corrected chi connectivity index (χ4v) is 2.93. The average Bonchev–Trinajstić information content (AvgIpc) is 2.55. The van der Waals surface area contributed by atoms with Gasteiger partial charge in [0.15, 0.2) is 0 Å². The molecule has 1 saturated heterocycles. The molecule has 0 amide bonds. The van der Waals surface area contributed by atoms with E-state index in [0.717, 1.165) is 25.2 Å². The molecule has 1 aliphatic heterocycles. The summed E-state index contributed by atoms with van der Waals surface area (Å²) in [4.78, 5) is 6.53. The average molecular weight is 316 g/mol. The number of pyridine rings is 1. The van der Waals surface area contributed by atoms with Crippen LogP contribution in [0.5, 0.6) is 5.75 Å². The Bertz CT molecular complexity index is 621. The van der Waals surface area contributed by atoms with Crippen molar-refractivity contribution >= 4 is 0 Å². The minimum Gasteiger partial charge on any atom is -0.491 e. The van der Waals surface area contributed by atoms with Gasteiger partial charge >= 0.3 is 0 Å². The Morgan fingerprint density at radius 1 is 1.22 bits per heavy atom. The predicted octanol–water partition coefficient (Wildman–Crippen LogP) is 2.63. The van der Waals surface area contributed by atoms with Crippen molar-refractivity contribution in [3.63, 3.8) is 0 Å². The van der Waals surface area contributed by atoms with Crippen molar-refractivity contribution in [3.05, 3.63) is 60.2 Å². The fraction of sp³-hybridized carbons (Fsp3) is 0.389. The Morgan fingerprint density at radius 2 is 2.04 bits per heavy atom. The summed E-state index contributed by atoms with van der Waals surface area (Å²) in [5, 5.41) is 10.8. The van der Waals surface area contributed by atoms with E-state index >= 15 is 0 Å². The Labute approximate surface area is 135 Å². The Balaban J connectivity index is 1.56. The van der Waals surface area contributed by atoms with Crippen LogP contribution in [0, 0.1) is 5.82 Å². The highest BCUT2D eigenvalue weighted by Crippen LogP contribution is 2.24. The van der Waals surface area contributed by atoms with Crippen LogP contribution in [0.15, 0.2) is 48.7 Å². The Morgan fingerprint density at radius 3 is 2.78 bits per heavy atom. The summed E-state index contributed by atoms with van der Waals surface area (Å²) < 4.78 is 18.5. The summed E-state index contributed by atoms with van der Waals surface area (Å²) in [6.07, 6.45) is 3.39. The highest BCUT2D eigenvalue weighted by Gasteiger charge is 2.34. The molecular formula is C18H21FN2O2. The van der Waals surface area contributed by atoms with E-state index in [2.05, 4.69) is 9.88 Å².